The van der Waals surface area contributed by atoms with Crippen molar-refractivity contribution in [3.05, 3.63) is 32.6 Å². The van der Waals surface area contributed by atoms with E-state index in [1.165, 1.54) is 10.8 Å². The molecule has 0 aliphatic carbocycles. The molecule has 19 heavy (non-hydrogen) atoms. The van der Waals surface area contributed by atoms with E-state index < -0.39 is 29.0 Å². The molecule has 1 aliphatic rings. The molecule has 0 bridgehead atoms. The maximum absolute atomic E-state index is 11.8. The van der Waals surface area contributed by atoms with Crippen LogP contribution in [0.2, 0.25) is 0 Å². The first-order chi connectivity index (χ1) is 8.91. The zero-order valence-electron chi connectivity index (χ0n) is 10.9. The number of aliphatic hydroxyl groups is 2. The quantitative estimate of drug-likeness (QED) is 0.662. The molecule has 2 heterocycles. The van der Waals surface area contributed by atoms with Crippen LogP contribution in [0.3, 0.4) is 0 Å². The van der Waals surface area contributed by atoms with Gasteiger partial charge in [-0.3, -0.25) is 14.3 Å². The van der Waals surface area contributed by atoms with Crippen molar-refractivity contribution in [3.8, 4) is 0 Å². The summed E-state index contributed by atoms with van der Waals surface area (Å²) in [4.78, 5) is 25.3. The number of rotatable bonds is 3. The number of aryl methyl sites for hydroxylation is 1. The highest BCUT2D eigenvalue weighted by Gasteiger charge is 2.45. The number of ether oxygens (including phenoxy) is 1. The summed E-state index contributed by atoms with van der Waals surface area (Å²) in [6.45, 7) is 3.01. The standard InChI is InChI=1S/C12H18N2O5/c1-7-4-14(11(18)13-10(7)17)9-3-12(2,6-16)8(5-15)19-9/h4,8-9,15-16H,3,5-6H2,1-2H3,(H,13,17,18)/t8-,9-,12-/m1/s1. The van der Waals surface area contributed by atoms with Gasteiger partial charge >= 0.3 is 5.69 Å². The van der Waals surface area contributed by atoms with E-state index in [9.17, 15) is 19.8 Å². The van der Waals surface area contributed by atoms with Crippen LogP contribution in [0.25, 0.3) is 0 Å². The number of nitrogens with zero attached hydrogens (tertiary/aromatic N) is 1. The van der Waals surface area contributed by atoms with Crippen molar-refractivity contribution in [2.24, 2.45) is 5.41 Å². The molecule has 106 valence electrons. The third kappa shape index (κ3) is 2.36. The van der Waals surface area contributed by atoms with Crippen molar-refractivity contribution in [1.82, 2.24) is 9.55 Å². The van der Waals surface area contributed by atoms with E-state index in [1.807, 2.05) is 0 Å². The van der Waals surface area contributed by atoms with E-state index in [-0.39, 0.29) is 13.2 Å². The van der Waals surface area contributed by atoms with E-state index in [0.29, 0.717) is 12.0 Å². The third-order valence-electron chi connectivity index (χ3n) is 3.72. The molecule has 0 amide bonds. The minimum absolute atomic E-state index is 0.147. The minimum Gasteiger partial charge on any atom is -0.396 e. The fraction of sp³-hybridized carbons (Fsp3) is 0.667. The molecule has 1 aromatic rings. The molecule has 1 saturated heterocycles. The van der Waals surface area contributed by atoms with Crippen molar-refractivity contribution < 1.29 is 14.9 Å². The lowest BCUT2D eigenvalue weighted by atomic mass is 9.84. The zero-order valence-corrected chi connectivity index (χ0v) is 10.9. The lowest BCUT2D eigenvalue weighted by Crippen LogP contribution is -2.34. The van der Waals surface area contributed by atoms with Crippen LogP contribution in [-0.2, 0) is 4.74 Å². The van der Waals surface area contributed by atoms with Crippen molar-refractivity contribution >= 4 is 0 Å². The second-order valence-corrected chi connectivity index (χ2v) is 5.26. The molecular weight excluding hydrogens is 252 g/mol. The van der Waals surface area contributed by atoms with Crippen molar-refractivity contribution in [1.29, 1.82) is 0 Å². The molecule has 1 aliphatic heterocycles. The predicted octanol–water partition coefficient (Wildman–Crippen LogP) is -0.877. The number of H-pyrrole nitrogens is 1. The average Bonchev–Trinajstić information content (AvgIpc) is 2.71. The van der Waals surface area contributed by atoms with Gasteiger partial charge in [0.25, 0.3) is 5.56 Å². The monoisotopic (exact) mass is 270 g/mol. The predicted molar refractivity (Wildman–Crippen MR) is 66.9 cm³/mol. The van der Waals surface area contributed by atoms with Crippen molar-refractivity contribution in [2.45, 2.75) is 32.6 Å². The van der Waals surface area contributed by atoms with Crippen LogP contribution in [0.5, 0.6) is 0 Å². The van der Waals surface area contributed by atoms with Crippen LogP contribution < -0.4 is 11.2 Å². The lowest BCUT2D eigenvalue weighted by Gasteiger charge is -2.25. The molecule has 1 aromatic heterocycles. The largest absolute Gasteiger partial charge is 0.396 e. The lowest BCUT2D eigenvalue weighted by molar-refractivity contribution is -0.0542. The first kappa shape index (κ1) is 14.0. The fourth-order valence-electron chi connectivity index (χ4n) is 2.33. The summed E-state index contributed by atoms with van der Waals surface area (Å²) < 4.78 is 6.90. The van der Waals surface area contributed by atoms with Crippen LogP contribution in [0.15, 0.2) is 15.8 Å². The molecule has 7 heteroatoms. The van der Waals surface area contributed by atoms with Gasteiger partial charge in [-0.15, -0.1) is 0 Å². The Hall–Kier alpha value is -1.44. The topological polar surface area (TPSA) is 105 Å². The van der Waals surface area contributed by atoms with Gasteiger partial charge in [-0.05, 0) is 6.92 Å². The van der Waals surface area contributed by atoms with E-state index in [2.05, 4.69) is 4.98 Å². The highest BCUT2D eigenvalue weighted by atomic mass is 16.5. The molecule has 0 spiro atoms. The van der Waals surface area contributed by atoms with Gasteiger partial charge in [0.1, 0.15) is 6.23 Å². The summed E-state index contributed by atoms with van der Waals surface area (Å²) in [7, 11) is 0. The summed E-state index contributed by atoms with van der Waals surface area (Å²) in [5.74, 6) is 0. The Labute approximate surface area is 109 Å². The second kappa shape index (κ2) is 4.92. The molecule has 7 nitrogen and oxygen atoms in total. The van der Waals surface area contributed by atoms with Crippen LogP contribution in [0.1, 0.15) is 25.1 Å². The van der Waals surface area contributed by atoms with Crippen LogP contribution >= 0.6 is 0 Å². The van der Waals surface area contributed by atoms with Gasteiger partial charge in [0.2, 0.25) is 0 Å². The zero-order chi connectivity index (χ0) is 14.2. The van der Waals surface area contributed by atoms with E-state index >= 15 is 0 Å². The Bertz CT molecular complexity index is 578. The summed E-state index contributed by atoms with van der Waals surface area (Å²) in [6.07, 6.45) is 0.683. The molecule has 3 N–H and O–H groups in total. The first-order valence-electron chi connectivity index (χ1n) is 6.10. The summed E-state index contributed by atoms with van der Waals surface area (Å²) in [5.41, 5.74) is -1.19. The van der Waals surface area contributed by atoms with Gasteiger partial charge in [-0.2, -0.15) is 0 Å². The molecular formula is C12H18N2O5. The van der Waals surface area contributed by atoms with Crippen LogP contribution in [-0.4, -0.2) is 39.1 Å². The summed E-state index contributed by atoms with van der Waals surface area (Å²) in [5, 5.41) is 18.7. The van der Waals surface area contributed by atoms with Crippen LogP contribution in [0, 0.1) is 12.3 Å². The van der Waals surface area contributed by atoms with Gasteiger partial charge < -0.3 is 14.9 Å². The molecule has 0 aromatic carbocycles. The molecule has 0 saturated carbocycles. The molecule has 0 unspecified atom stereocenters. The maximum Gasteiger partial charge on any atom is 0.330 e. The van der Waals surface area contributed by atoms with Crippen LogP contribution in [0.4, 0.5) is 0 Å². The number of aromatic nitrogens is 2. The van der Waals surface area contributed by atoms with Crippen molar-refractivity contribution in [2.75, 3.05) is 13.2 Å². The second-order valence-electron chi connectivity index (χ2n) is 5.26. The Balaban J connectivity index is 2.38. The van der Waals surface area contributed by atoms with E-state index in [1.54, 1.807) is 13.8 Å². The molecule has 2 rings (SSSR count). The molecule has 0 radical (unpaired) electrons. The smallest absolute Gasteiger partial charge is 0.330 e. The normalized spacial score (nSPS) is 30.7. The highest BCUT2D eigenvalue weighted by Crippen LogP contribution is 2.42. The first-order valence-corrected chi connectivity index (χ1v) is 6.10. The van der Waals surface area contributed by atoms with Gasteiger partial charge in [0.15, 0.2) is 0 Å². The Kier molecular flexibility index (Phi) is 3.62. The van der Waals surface area contributed by atoms with E-state index in [4.69, 9.17) is 4.74 Å². The summed E-state index contributed by atoms with van der Waals surface area (Å²) in [6, 6.07) is 0. The Morgan fingerprint density at radius 3 is 2.74 bits per heavy atom. The number of hydrogen-bond donors (Lipinski definition) is 3. The number of hydrogen-bond acceptors (Lipinski definition) is 5. The molecule has 3 atom stereocenters. The number of nitrogens with one attached hydrogen (secondary N) is 1. The number of aromatic amines is 1. The average molecular weight is 270 g/mol. The number of aliphatic hydroxyl groups excluding tert-OH is 2. The van der Waals surface area contributed by atoms with Gasteiger partial charge in [0.05, 0.1) is 19.3 Å². The fourth-order valence-corrected chi connectivity index (χ4v) is 2.33. The Morgan fingerprint density at radius 2 is 2.21 bits per heavy atom. The highest BCUT2D eigenvalue weighted by molar-refractivity contribution is 5.02. The third-order valence-corrected chi connectivity index (χ3v) is 3.72. The SMILES string of the molecule is Cc1cn([C@H]2C[C@](C)(CO)[C@@H](CO)O2)c(=O)[nH]c1=O. The minimum atomic E-state index is -0.608. The van der Waals surface area contributed by atoms with Gasteiger partial charge in [0, 0.05) is 23.6 Å². The Morgan fingerprint density at radius 1 is 1.53 bits per heavy atom. The van der Waals surface area contributed by atoms with Gasteiger partial charge in [-0.25, -0.2) is 4.79 Å². The maximum atomic E-state index is 11.8. The van der Waals surface area contributed by atoms with Gasteiger partial charge in [-0.1, -0.05) is 6.92 Å². The van der Waals surface area contributed by atoms with E-state index in [0.717, 1.165) is 0 Å². The summed E-state index contributed by atoms with van der Waals surface area (Å²) >= 11 is 0. The molecule has 1 fully saturated rings. The van der Waals surface area contributed by atoms with Crippen molar-refractivity contribution in [3.63, 3.8) is 0 Å².